The lowest BCUT2D eigenvalue weighted by Crippen LogP contribution is -2.43. The molecule has 0 heterocycles. The molecule has 4 heteroatoms. The lowest BCUT2D eigenvalue weighted by molar-refractivity contribution is 0.0490. The van der Waals surface area contributed by atoms with E-state index in [1.165, 1.54) is 0 Å². The van der Waals surface area contributed by atoms with Gasteiger partial charge in [0.2, 0.25) is 0 Å². The van der Waals surface area contributed by atoms with E-state index in [1.54, 1.807) is 45.0 Å². The zero-order valence-electron chi connectivity index (χ0n) is 11.9. The van der Waals surface area contributed by atoms with E-state index in [2.05, 4.69) is 5.32 Å². The molecule has 0 unspecified atom stereocenters. The van der Waals surface area contributed by atoms with Crippen LogP contribution < -0.4 is 5.32 Å². The highest BCUT2D eigenvalue weighted by Gasteiger charge is 2.23. The van der Waals surface area contributed by atoms with E-state index in [0.29, 0.717) is 12.0 Å². The zero-order chi connectivity index (χ0) is 14.5. The van der Waals surface area contributed by atoms with Gasteiger partial charge in [0.25, 0.3) is 0 Å². The molecular formula is C15H21NO3. The van der Waals surface area contributed by atoms with Gasteiger partial charge in [-0.15, -0.1) is 0 Å². The van der Waals surface area contributed by atoms with Gasteiger partial charge in [0.1, 0.15) is 5.60 Å². The fourth-order valence-corrected chi connectivity index (χ4v) is 1.61. The normalized spacial score (nSPS) is 12.6. The van der Waals surface area contributed by atoms with Crippen molar-refractivity contribution < 1.29 is 14.3 Å². The Morgan fingerprint density at radius 1 is 1.21 bits per heavy atom. The van der Waals surface area contributed by atoms with E-state index >= 15 is 0 Å². The summed E-state index contributed by atoms with van der Waals surface area (Å²) in [5, 5.41) is 2.61. The quantitative estimate of drug-likeness (QED) is 0.849. The number of nitrogens with one attached hydrogen (secondary N) is 1. The Bertz CT molecular complexity index is 434. The Balaban J connectivity index is 2.69. The van der Waals surface area contributed by atoms with Gasteiger partial charge in [-0.05, 0) is 27.2 Å². The van der Waals surface area contributed by atoms with Crippen LogP contribution in [-0.4, -0.2) is 23.5 Å². The molecule has 1 atom stereocenters. The highest BCUT2D eigenvalue weighted by Crippen LogP contribution is 2.09. The van der Waals surface area contributed by atoms with Crippen LogP contribution in [0.2, 0.25) is 0 Å². The molecule has 104 valence electrons. The largest absolute Gasteiger partial charge is 0.444 e. The number of carbonyl (C=O) groups is 2. The number of hydrogen-bond acceptors (Lipinski definition) is 3. The number of benzene rings is 1. The summed E-state index contributed by atoms with van der Waals surface area (Å²) < 4.78 is 5.15. The summed E-state index contributed by atoms with van der Waals surface area (Å²) in [6.45, 7) is 7.20. The van der Waals surface area contributed by atoms with Crippen molar-refractivity contribution in [1.29, 1.82) is 0 Å². The van der Waals surface area contributed by atoms with Gasteiger partial charge in [0.05, 0.1) is 6.04 Å². The van der Waals surface area contributed by atoms with Crippen molar-refractivity contribution >= 4 is 11.9 Å². The molecule has 0 aliphatic carbocycles. The molecule has 1 aromatic carbocycles. The fraction of sp³-hybridized carbons (Fsp3) is 0.467. The Labute approximate surface area is 114 Å². The first kappa shape index (κ1) is 15.2. The highest BCUT2D eigenvalue weighted by molar-refractivity contribution is 6.01. The van der Waals surface area contributed by atoms with Gasteiger partial charge in [0, 0.05) is 5.56 Å². The second-order valence-electron chi connectivity index (χ2n) is 5.34. The maximum Gasteiger partial charge on any atom is 0.408 e. The molecule has 4 nitrogen and oxygen atoms in total. The summed E-state index contributed by atoms with van der Waals surface area (Å²) in [7, 11) is 0. The van der Waals surface area contributed by atoms with Gasteiger partial charge in [0.15, 0.2) is 5.78 Å². The van der Waals surface area contributed by atoms with Gasteiger partial charge in [-0.25, -0.2) is 4.79 Å². The van der Waals surface area contributed by atoms with Crippen LogP contribution in [0.15, 0.2) is 30.3 Å². The second-order valence-corrected chi connectivity index (χ2v) is 5.34. The van der Waals surface area contributed by atoms with Crippen molar-refractivity contribution in [3.05, 3.63) is 35.9 Å². The summed E-state index contributed by atoms with van der Waals surface area (Å²) in [4.78, 5) is 23.9. The molecule has 0 aromatic heterocycles. The maximum absolute atomic E-state index is 12.2. The topological polar surface area (TPSA) is 55.4 Å². The Morgan fingerprint density at radius 2 is 1.79 bits per heavy atom. The molecule has 0 aliphatic heterocycles. The molecule has 0 spiro atoms. The molecule has 1 N–H and O–H groups in total. The third-order valence-electron chi connectivity index (χ3n) is 2.47. The number of rotatable bonds is 4. The van der Waals surface area contributed by atoms with Crippen LogP contribution in [0, 0.1) is 0 Å². The Morgan fingerprint density at radius 3 is 2.26 bits per heavy atom. The van der Waals surface area contributed by atoms with Gasteiger partial charge in [-0.1, -0.05) is 37.3 Å². The zero-order valence-corrected chi connectivity index (χ0v) is 11.9. The van der Waals surface area contributed by atoms with Crippen LogP contribution in [-0.2, 0) is 4.74 Å². The van der Waals surface area contributed by atoms with Crippen LogP contribution in [0.4, 0.5) is 4.79 Å². The third-order valence-corrected chi connectivity index (χ3v) is 2.47. The lowest BCUT2D eigenvalue weighted by Gasteiger charge is -2.22. The highest BCUT2D eigenvalue weighted by atomic mass is 16.6. The van der Waals surface area contributed by atoms with Crippen molar-refractivity contribution in [1.82, 2.24) is 5.32 Å². The van der Waals surface area contributed by atoms with E-state index in [1.807, 2.05) is 13.0 Å². The SMILES string of the molecule is CC[C@H](NC(=O)OC(C)(C)C)C(=O)c1ccccc1. The molecule has 1 rings (SSSR count). The smallest absolute Gasteiger partial charge is 0.408 e. The number of alkyl carbamates (subject to hydrolysis) is 1. The van der Waals surface area contributed by atoms with Gasteiger partial charge in [-0.2, -0.15) is 0 Å². The van der Waals surface area contributed by atoms with E-state index in [9.17, 15) is 9.59 Å². The molecule has 0 bridgehead atoms. The summed E-state index contributed by atoms with van der Waals surface area (Å²) in [5.41, 5.74) is 0.0171. The molecule has 0 aliphatic rings. The van der Waals surface area contributed by atoms with Crippen molar-refractivity contribution in [3.8, 4) is 0 Å². The number of hydrogen-bond donors (Lipinski definition) is 1. The van der Waals surface area contributed by atoms with Crippen molar-refractivity contribution in [3.63, 3.8) is 0 Å². The number of ether oxygens (including phenoxy) is 1. The number of ketones is 1. The molecule has 0 radical (unpaired) electrons. The monoisotopic (exact) mass is 263 g/mol. The van der Waals surface area contributed by atoms with Crippen LogP contribution >= 0.6 is 0 Å². The van der Waals surface area contributed by atoms with E-state index < -0.39 is 17.7 Å². The van der Waals surface area contributed by atoms with Gasteiger partial charge < -0.3 is 10.1 Å². The Kier molecular flexibility index (Phi) is 5.10. The maximum atomic E-state index is 12.2. The minimum atomic E-state index is -0.571. The average Bonchev–Trinajstić information content (AvgIpc) is 2.34. The number of amides is 1. The minimum absolute atomic E-state index is 0.103. The van der Waals surface area contributed by atoms with Crippen LogP contribution in [0.1, 0.15) is 44.5 Å². The first-order valence-electron chi connectivity index (χ1n) is 6.42. The van der Waals surface area contributed by atoms with Crippen LogP contribution in [0.25, 0.3) is 0 Å². The van der Waals surface area contributed by atoms with E-state index in [0.717, 1.165) is 0 Å². The summed E-state index contributed by atoms with van der Waals surface area (Å²) >= 11 is 0. The second kappa shape index (κ2) is 6.36. The summed E-state index contributed by atoms with van der Waals surface area (Å²) in [5.74, 6) is -0.103. The van der Waals surface area contributed by atoms with Crippen LogP contribution in [0.5, 0.6) is 0 Å². The van der Waals surface area contributed by atoms with Gasteiger partial charge in [-0.3, -0.25) is 4.79 Å². The third kappa shape index (κ3) is 5.12. The molecule has 19 heavy (non-hydrogen) atoms. The van der Waals surface area contributed by atoms with Crippen LogP contribution in [0.3, 0.4) is 0 Å². The fourth-order valence-electron chi connectivity index (χ4n) is 1.61. The summed E-state index contributed by atoms with van der Waals surface area (Å²) in [6, 6.07) is 8.36. The molecule has 1 amide bonds. The molecule has 1 aromatic rings. The molecule has 0 fully saturated rings. The predicted octanol–water partition coefficient (Wildman–Crippen LogP) is 3.17. The van der Waals surface area contributed by atoms with E-state index in [-0.39, 0.29) is 5.78 Å². The first-order valence-corrected chi connectivity index (χ1v) is 6.42. The number of carbonyl (C=O) groups excluding carboxylic acids is 2. The van der Waals surface area contributed by atoms with Crippen molar-refractivity contribution in [2.24, 2.45) is 0 Å². The standard InChI is InChI=1S/C15H21NO3/c1-5-12(16-14(18)19-15(2,3)4)13(17)11-9-7-6-8-10-11/h6-10,12H,5H2,1-4H3,(H,16,18)/t12-/m0/s1. The molecule has 0 saturated heterocycles. The number of Topliss-reactive ketones (excluding diaryl/α,β-unsaturated/α-hetero) is 1. The Hall–Kier alpha value is -1.84. The van der Waals surface area contributed by atoms with Gasteiger partial charge >= 0.3 is 6.09 Å². The van der Waals surface area contributed by atoms with Crippen molar-refractivity contribution in [2.75, 3.05) is 0 Å². The van der Waals surface area contributed by atoms with E-state index in [4.69, 9.17) is 4.74 Å². The lowest BCUT2D eigenvalue weighted by atomic mass is 10.0. The van der Waals surface area contributed by atoms with Crippen molar-refractivity contribution in [2.45, 2.75) is 45.8 Å². The summed E-state index contributed by atoms with van der Waals surface area (Å²) in [6.07, 6.45) is -0.0453. The first-order chi connectivity index (χ1) is 8.83. The minimum Gasteiger partial charge on any atom is -0.444 e. The average molecular weight is 263 g/mol. The predicted molar refractivity (Wildman–Crippen MR) is 74.2 cm³/mol. The molecule has 0 saturated carbocycles. The molecular weight excluding hydrogens is 242 g/mol.